The largest absolute Gasteiger partial charge is 0.469 e. The third kappa shape index (κ3) is 3.13. The molecule has 0 fully saturated rings. The van der Waals surface area contributed by atoms with E-state index in [9.17, 15) is 9.59 Å². The summed E-state index contributed by atoms with van der Waals surface area (Å²) in [6, 6.07) is 5.66. The van der Waals surface area contributed by atoms with Crippen LogP contribution < -0.4 is 0 Å². The molecule has 0 unspecified atom stereocenters. The predicted octanol–water partition coefficient (Wildman–Crippen LogP) is 2.81. The zero-order chi connectivity index (χ0) is 16.3. The van der Waals surface area contributed by atoms with E-state index in [1.165, 1.54) is 7.11 Å². The van der Waals surface area contributed by atoms with Gasteiger partial charge >= 0.3 is 5.97 Å². The van der Waals surface area contributed by atoms with Crippen molar-refractivity contribution in [3.05, 3.63) is 35.0 Å². The van der Waals surface area contributed by atoms with Crippen LogP contribution in [0.25, 0.3) is 10.9 Å². The van der Waals surface area contributed by atoms with Gasteiger partial charge in [0, 0.05) is 35.2 Å². The molecule has 1 heterocycles. The Morgan fingerprint density at radius 1 is 1.27 bits per heavy atom. The summed E-state index contributed by atoms with van der Waals surface area (Å²) in [5, 5.41) is 1.06. The lowest BCUT2D eigenvalue weighted by molar-refractivity contribution is -0.140. The zero-order valence-corrected chi connectivity index (χ0v) is 13.5. The number of benzene rings is 1. The molecule has 2 rings (SSSR count). The van der Waals surface area contributed by atoms with Crippen LogP contribution in [0.5, 0.6) is 0 Å². The number of hydrogen-bond donors (Lipinski definition) is 1. The summed E-state index contributed by atoms with van der Waals surface area (Å²) in [6.07, 6.45) is 0.209. The number of fused-ring (bicyclic) bond motifs is 1. The quantitative estimate of drug-likeness (QED) is 0.864. The molecule has 0 bridgehead atoms. The number of methoxy groups -OCH3 is 1. The molecule has 0 aliphatic carbocycles. The number of aromatic amines is 1. The topological polar surface area (TPSA) is 62.4 Å². The highest BCUT2D eigenvalue weighted by Gasteiger charge is 2.17. The Balaban J connectivity index is 2.23. The normalized spacial score (nSPS) is 10.7. The fourth-order valence-corrected chi connectivity index (χ4v) is 2.51. The van der Waals surface area contributed by atoms with E-state index < -0.39 is 0 Å². The molecule has 1 N–H and O–H groups in total. The lowest BCUT2D eigenvalue weighted by Crippen LogP contribution is -2.33. The zero-order valence-electron chi connectivity index (χ0n) is 13.5. The number of rotatable bonds is 5. The Morgan fingerprint density at radius 2 is 2.00 bits per heavy atom. The molecule has 0 radical (unpaired) electrons. The summed E-state index contributed by atoms with van der Waals surface area (Å²) in [5.74, 6) is -0.370. The van der Waals surface area contributed by atoms with Crippen LogP contribution in [0.1, 0.15) is 35.0 Å². The monoisotopic (exact) mass is 302 g/mol. The number of carbonyl (C=O) groups is 2. The molecule has 0 aliphatic rings. The molecule has 2 aromatic rings. The number of H-pyrrole nitrogens is 1. The van der Waals surface area contributed by atoms with Crippen molar-refractivity contribution in [3.63, 3.8) is 0 Å². The summed E-state index contributed by atoms with van der Waals surface area (Å²) < 4.78 is 4.63. The minimum Gasteiger partial charge on any atom is -0.469 e. The van der Waals surface area contributed by atoms with Gasteiger partial charge in [-0.3, -0.25) is 9.59 Å². The first kappa shape index (κ1) is 16.1. The minimum atomic E-state index is -0.307. The van der Waals surface area contributed by atoms with E-state index in [1.54, 1.807) is 4.90 Å². The first-order valence-corrected chi connectivity index (χ1v) is 7.43. The Hall–Kier alpha value is -2.30. The van der Waals surface area contributed by atoms with E-state index >= 15 is 0 Å². The van der Waals surface area contributed by atoms with Crippen molar-refractivity contribution in [2.75, 3.05) is 20.2 Å². The first-order valence-electron chi connectivity index (χ1n) is 7.43. The molecule has 22 heavy (non-hydrogen) atoms. The van der Waals surface area contributed by atoms with Gasteiger partial charge in [-0.05, 0) is 44.5 Å². The van der Waals surface area contributed by atoms with Crippen LogP contribution >= 0.6 is 0 Å². The molecule has 0 spiro atoms. The van der Waals surface area contributed by atoms with E-state index in [0.717, 1.165) is 22.2 Å². The van der Waals surface area contributed by atoms with Crippen LogP contribution in [0.4, 0.5) is 0 Å². The van der Waals surface area contributed by atoms with Gasteiger partial charge in [0.25, 0.3) is 5.91 Å². The van der Waals surface area contributed by atoms with Crippen molar-refractivity contribution in [2.24, 2.45) is 0 Å². The number of esters is 1. The summed E-state index contributed by atoms with van der Waals surface area (Å²) in [6.45, 7) is 6.88. The molecule has 1 amide bonds. The van der Waals surface area contributed by atoms with Gasteiger partial charge in [-0.15, -0.1) is 0 Å². The van der Waals surface area contributed by atoms with Crippen molar-refractivity contribution < 1.29 is 14.3 Å². The number of amides is 1. The van der Waals surface area contributed by atoms with Crippen molar-refractivity contribution in [1.82, 2.24) is 9.88 Å². The van der Waals surface area contributed by atoms with Crippen LogP contribution in [-0.4, -0.2) is 42.0 Å². The lowest BCUT2D eigenvalue weighted by atomic mass is 10.1. The maximum absolute atomic E-state index is 12.6. The number of nitrogens with zero attached hydrogens (tertiary/aromatic N) is 1. The van der Waals surface area contributed by atoms with E-state index in [1.807, 2.05) is 39.0 Å². The van der Waals surface area contributed by atoms with E-state index in [-0.39, 0.29) is 18.3 Å². The van der Waals surface area contributed by atoms with E-state index in [0.29, 0.717) is 18.7 Å². The minimum absolute atomic E-state index is 0.0634. The molecular weight excluding hydrogens is 280 g/mol. The highest BCUT2D eigenvalue weighted by Crippen LogP contribution is 2.23. The van der Waals surface area contributed by atoms with Crippen LogP contribution in [0, 0.1) is 13.8 Å². The molecule has 1 aromatic carbocycles. The number of nitrogens with one attached hydrogen (secondary N) is 1. The third-order valence-electron chi connectivity index (χ3n) is 4.04. The highest BCUT2D eigenvalue weighted by atomic mass is 16.5. The fraction of sp³-hybridized carbons (Fsp3) is 0.412. The molecule has 5 nitrogen and oxygen atoms in total. The van der Waals surface area contributed by atoms with Crippen LogP contribution in [-0.2, 0) is 9.53 Å². The first-order chi connectivity index (χ1) is 10.5. The average Bonchev–Trinajstić information content (AvgIpc) is 2.81. The van der Waals surface area contributed by atoms with Gasteiger partial charge in [0.1, 0.15) is 0 Å². The SMILES string of the molecule is CCN(CCC(=O)OC)C(=O)c1ccc2[nH]c(C)c(C)c2c1. The summed E-state index contributed by atoms with van der Waals surface area (Å²) in [5.41, 5.74) is 3.94. The molecular formula is C17H22N2O3. The Kier molecular flexibility index (Phi) is 4.85. The second-order valence-corrected chi connectivity index (χ2v) is 5.35. The van der Waals surface area contributed by atoms with Crippen LogP contribution in [0.3, 0.4) is 0 Å². The summed E-state index contributed by atoms with van der Waals surface area (Å²) in [7, 11) is 1.35. The fourth-order valence-electron chi connectivity index (χ4n) is 2.51. The lowest BCUT2D eigenvalue weighted by Gasteiger charge is -2.20. The van der Waals surface area contributed by atoms with Crippen molar-refractivity contribution in [1.29, 1.82) is 0 Å². The summed E-state index contributed by atoms with van der Waals surface area (Å²) >= 11 is 0. The second kappa shape index (κ2) is 6.64. The van der Waals surface area contributed by atoms with Gasteiger partial charge in [-0.2, -0.15) is 0 Å². The maximum atomic E-state index is 12.6. The van der Waals surface area contributed by atoms with Crippen LogP contribution in [0.2, 0.25) is 0 Å². The Bertz CT molecular complexity index is 703. The van der Waals surface area contributed by atoms with Crippen molar-refractivity contribution in [3.8, 4) is 0 Å². The molecule has 0 atom stereocenters. The average molecular weight is 302 g/mol. The number of aryl methyl sites for hydroxylation is 2. The molecule has 0 saturated heterocycles. The molecule has 118 valence electrons. The van der Waals surface area contributed by atoms with E-state index in [2.05, 4.69) is 9.72 Å². The van der Waals surface area contributed by atoms with Gasteiger partial charge < -0.3 is 14.6 Å². The molecule has 0 saturated carbocycles. The number of ether oxygens (including phenoxy) is 1. The van der Waals surface area contributed by atoms with Gasteiger partial charge in [0.05, 0.1) is 13.5 Å². The van der Waals surface area contributed by atoms with Crippen molar-refractivity contribution >= 4 is 22.8 Å². The number of aromatic nitrogens is 1. The summed E-state index contributed by atoms with van der Waals surface area (Å²) in [4.78, 5) is 28.8. The van der Waals surface area contributed by atoms with E-state index in [4.69, 9.17) is 0 Å². The molecule has 5 heteroatoms. The molecule has 0 aliphatic heterocycles. The van der Waals surface area contributed by atoms with Crippen LogP contribution in [0.15, 0.2) is 18.2 Å². The van der Waals surface area contributed by atoms with Gasteiger partial charge in [-0.25, -0.2) is 0 Å². The second-order valence-electron chi connectivity index (χ2n) is 5.35. The highest BCUT2D eigenvalue weighted by molar-refractivity contribution is 5.99. The van der Waals surface area contributed by atoms with Gasteiger partial charge in [0.2, 0.25) is 0 Å². The van der Waals surface area contributed by atoms with Gasteiger partial charge in [0.15, 0.2) is 0 Å². The Morgan fingerprint density at radius 3 is 2.64 bits per heavy atom. The standard InChI is InChI=1S/C17H22N2O3/c1-5-19(9-8-16(20)22-4)17(21)13-6-7-15-14(10-13)11(2)12(3)18-15/h6-7,10,18H,5,8-9H2,1-4H3. The molecule has 1 aromatic heterocycles. The van der Waals surface area contributed by atoms with Crippen molar-refractivity contribution in [2.45, 2.75) is 27.2 Å². The predicted molar refractivity (Wildman–Crippen MR) is 86.0 cm³/mol. The third-order valence-corrected chi connectivity index (χ3v) is 4.04. The van der Waals surface area contributed by atoms with Gasteiger partial charge in [-0.1, -0.05) is 0 Å². The Labute approximate surface area is 130 Å². The number of hydrogen-bond acceptors (Lipinski definition) is 3. The number of carbonyl (C=O) groups excluding carboxylic acids is 2. The maximum Gasteiger partial charge on any atom is 0.307 e. The smallest absolute Gasteiger partial charge is 0.307 e.